The van der Waals surface area contributed by atoms with E-state index in [4.69, 9.17) is 4.74 Å². The Kier molecular flexibility index (Phi) is 8.16. The fraction of sp³-hybridized carbons (Fsp3) is 0.435. The average molecular weight is 400 g/mol. The molecule has 0 spiro atoms. The van der Waals surface area contributed by atoms with Gasteiger partial charge in [0.05, 0.1) is 19.3 Å². The molecule has 1 unspecified atom stereocenters. The molecule has 2 aromatic carbocycles. The van der Waals surface area contributed by atoms with Crippen molar-refractivity contribution in [2.24, 2.45) is 0 Å². The summed E-state index contributed by atoms with van der Waals surface area (Å²) in [6.45, 7) is 7.43. The maximum Gasteiger partial charge on any atom is 0.236 e. The van der Waals surface area contributed by atoms with Gasteiger partial charge in [0.1, 0.15) is 5.82 Å². The molecule has 1 fully saturated rings. The summed E-state index contributed by atoms with van der Waals surface area (Å²) in [6.07, 6.45) is 0.682. The van der Waals surface area contributed by atoms with Gasteiger partial charge in [-0.3, -0.25) is 9.69 Å². The number of morpholine rings is 1. The molecular weight excluding hydrogens is 369 g/mol. The van der Waals surface area contributed by atoms with Crippen molar-refractivity contribution in [3.63, 3.8) is 0 Å². The Hall–Kier alpha value is -2.28. The normalized spacial score (nSPS) is 15.8. The second kappa shape index (κ2) is 11.0. The Morgan fingerprint density at radius 1 is 1.10 bits per heavy atom. The molecule has 6 heteroatoms. The topological polar surface area (TPSA) is 53.6 Å². The molecule has 1 atom stereocenters. The zero-order chi connectivity index (χ0) is 20.5. The molecule has 1 amide bonds. The summed E-state index contributed by atoms with van der Waals surface area (Å²) in [4.78, 5) is 14.8. The number of rotatable bonds is 9. The molecule has 0 radical (unpaired) electrons. The summed E-state index contributed by atoms with van der Waals surface area (Å²) >= 11 is 0. The molecular formula is C23H30FN3O2. The summed E-state index contributed by atoms with van der Waals surface area (Å²) in [7, 11) is 0. The first-order chi connectivity index (χ1) is 14.1. The summed E-state index contributed by atoms with van der Waals surface area (Å²) < 4.78 is 18.4. The van der Waals surface area contributed by atoms with Crippen LogP contribution in [-0.4, -0.2) is 49.7 Å². The lowest BCUT2D eigenvalue weighted by molar-refractivity contribution is -0.122. The molecule has 0 aliphatic carbocycles. The van der Waals surface area contributed by atoms with E-state index in [1.807, 2.05) is 13.0 Å². The van der Waals surface area contributed by atoms with E-state index in [1.165, 1.54) is 23.3 Å². The van der Waals surface area contributed by atoms with E-state index >= 15 is 0 Å². The van der Waals surface area contributed by atoms with Crippen LogP contribution in [0.25, 0.3) is 0 Å². The van der Waals surface area contributed by atoms with Gasteiger partial charge in [0, 0.05) is 32.7 Å². The van der Waals surface area contributed by atoms with Gasteiger partial charge in [-0.05, 0) is 42.2 Å². The van der Waals surface area contributed by atoms with E-state index in [2.05, 4.69) is 33.7 Å². The first-order valence-corrected chi connectivity index (χ1v) is 10.2. The minimum Gasteiger partial charge on any atom is -0.379 e. The number of nitrogens with one attached hydrogen (secondary N) is 2. The number of ether oxygens (including phenoxy) is 1. The Balaban J connectivity index is 1.44. The summed E-state index contributed by atoms with van der Waals surface area (Å²) in [5, 5.41) is 6.27. The van der Waals surface area contributed by atoms with Gasteiger partial charge >= 0.3 is 0 Å². The number of hydrogen-bond acceptors (Lipinski definition) is 4. The van der Waals surface area contributed by atoms with Crippen molar-refractivity contribution in [2.75, 3.05) is 32.8 Å². The molecule has 1 aliphatic rings. The maximum atomic E-state index is 12.9. The number of benzene rings is 2. The van der Waals surface area contributed by atoms with Crippen molar-refractivity contribution in [2.45, 2.75) is 32.5 Å². The van der Waals surface area contributed by atoms with Crippen LogP contribution in [-0.2, 0) is 29.0 Å². The van der Waals surface area contributed by atoms with E-state index in [-0.39, 0.29) is 17.8 Å². The Bertz CT molecular complexity index is 776. The lowest BCUT2D eigenvalue weighted by atomic mass is 10.1. The van der Waals surface area contributed by atoms with Crippen LogP contribution in [0, 0.1) is 5.82 Å². The largest absolute Gasteiger partial charge is 0.379 e. The van der Waals surface area contributed by atoms with Crippen molar-refractivity contribution in [1.29, 1.82) is 0 Å². The molecule has 2 aromatic rings. The second-order valence-electron chi connectivity index (χ2n) is 7.43. The minimum atomic E-state index is -0.292. The molecule has 1 heterocycles. The van der Waals surface area contributed by atoms with Crippen molar-refractivity contribution >= 4 is 5.91 Å². The SMILES string of the molecule is CC(NCc1ccccc1CN1CCOCC1)C(=O)NCCc1ccc(F)cc1. The van der Waals surface area contributed by atoms with Crippen LogP contribution in [0.3, 0.4) is 0 Å². The Labute approximate surface area is 172 Å². The summed E-state index contributed by atoms with van der Waals surface area (Å²) in [5.41, 5.74) is 3.50. The van der Waals surface area contributed by atoms with Gasteiger partial charge < -0.3 is 15.4 Å². The molecule has 2 N–H and O–H groups in total. The summed E-state index contributed by atoms with van der Waals surface area (Å²) in [5.74, 6) is -0.276. The summed E-state index contributed by atoms with van der Waals surface area (Å²) in [6, 6.07) is 14.4. The van der Waals surface area contributed by atoms with Crippen LogP contribution < -0.4 is 10.6 Å². The number of halogens is 1. The van der Waals surface area contributed by atoms with E-state index in [1.54, 1.807) is 12.1 Å². The van der Waals surface area contributed by atoms with Gasteiger partial charge in [-0.1, -0.05) is 36.4 Å². The van der Waals surface area contributed by atoms with Gasteiger partial charge in [-0.25, -0.2) is 4.39 Å². The molecule has 0 aromatic heterocycles. The van der Waals surface area contributed by atoms with Gasteiger partial charge in [-0.15, -0.1) is 0 Å². The van der Waals surface area contributed by atoms with Crippen molar-refractivity contribution in [3.05, 3.63) is 71.0 Å². The van der Waals surface area contributed by atoms with Crippen LogP contribution in [0.1, 0.15) is 23.6 Å². The predicted octanol–water partition coefficient (Wildman–Crippen LogP) is 2.49. The average Bonchev–Trinajstić information content (AvgIpc) is 2.75. The van der Waals surface area contributed by atoms with Gasteiger partial charge in [0.25, 0.3) is 0 Å². The smallest absolute Gasteiger partial charge is 0.236 e. The fourth-order valence-electron chi connectivity index (χ4n) is 3.37. The highest BCUT2D eigenvalue weighted by Crippen LogP contribution is 2.13. The molecule has 29 heavy (non-hydrogen) atoms. The predicted molar refractivity (Wildman–Crippen MR) is 112 cm³/mol. The van der Waals surface area contributed by atoms with Crippen LogP contribution in [0.15, 0.2) is 48.5 Å². The van der Waals surface area contributed by atoms with Gasteiger partial charge in [0.15, 0.2) is 0 Å². The van der Waals surface area contributed by atoms with E-state index in [0.29, 0.717) is 19.5 Å². The number of carbonyl (C=O) groups excluding carboxylic acids is 1. The van der Waals surface area contributed by atoms with Crippen molar-refractivity contribution in [3.8, 4) is 0 Å². The van der Waals surface area contributed by atoms with E-state index in [0.717, 1.165) is 38.4 Å². The molecule has 5 nitrogen and oxygen atoms in total. The van der Waals surface area contributed by atoms with E-state index < -0.39 is 0 Å². The highest BCUT2D eigenvalue weighted by Gasteiger charge is 2.15. The third kappa shape index (κ3) is 6.92. The number of hydrogen-bond donors (Lipinski definition) is 2. The van der Waals surface area contributed by atoms with Crippen LogP contribution >= 0.6 is 0 Å². The molecule has 1 aliphatic heterocycles. The molecule has 0 saturated carbocycles. The monoisotopic (exact) mass is 399 g/mol. The van der Waals surface area contributed by atoms with Gasteiger partial charge in [-0.2, -0.15) is 0 Å². The van der Waals surface area contributed by atoms with Gasteiger partial charge in [0.2, 0.25) is 5.91 Å². The quantitative estimate of drug-likeness (QED) is 0.680. The van der Waals surface area contributed by atoms with Crippen LogP contribution in [0.2, 0.25) is 0 Å². The van der Waals surface area contributed by atoms with Crippen molar-refractivity contribution < 1.29 is 13.9 Å². The Morgan fingerprint density at radius 3 is 2.52 bits per heavy atom. The van der Waals surface area contributed by atoms with Crippen molar-refractivity contribution in [1.82, 2.24) is 15.5 Å². The zero-order valence-corrected chi connectivity index (χ0v) is 17.0. The zero-order valence-electron chi connectivity index (χ0n) is 17.0. The molecule has 0 bridgehead atoms. The third-order valence-corrected chi connectivity index (χ3v) is 5.23. The third-order valence-electron chi connectivity index (χ3n) is 5.23. The first kappa shape index (κ1) is 21.4. The number of carbonyl (C=O) groups is 1. The minimum absolute atomic E-state index is 0.0298. The standard InChI is InChI=1S/C23H30FN3O2/c1-18(23(28)25-11-10-19-6-8-22(24)9-7-19)26-16-20-4-2-3-5-21(20)17-27-12-14-29-15-13-27/h2-9,18,26H,10-17H2,1H3,(H,25,28). The van der Waals surface area contributed by atoms with Crippen LogP contribution in [0.5, 0.6) is 0 Å². The molecule has 1 saturated heterocycles. The second-order valence-corrected chi connectivity index (χ2v) is 7.43. The highest BCUT2D eigenvalue weighted by molar-refractivity contribution is 5.81. The fourth-order valence-corrected chi connectivity index (χ4v) is 3.37. The van der Waals surface area contributed by atoms with E-state index in [9.17, 15) is 9.18 Å². The highest BCUT2D eigenvalue weighted by atomic mass is 19.1. The molecule has 156 valence electrons. The maximum absolute atomic E-state index is 12.9. The number of nitrogens with zero attached hydrogens (tertiary/aromatic N) is 1. The molecule has 3 rings (SSSR count). The number of amides is 1. The first-order valence-electron chi connectivity index (χ1n) is 10.2. The Morgan fingerprint density at radius 2 is 1.79 bits per heavy atom. The lowest BCUT2D eigenvalue weighted by Crippen LogP contribution is -2.42. The van der Waals surface area contributed by atoms with Crippen LogP contribution in [0.4, 0.5) is 4.39 Å². The lowest BCUT2D eigenvalue weighted by Gasteiger charge is -2.27.